The summed E-state index contributed by atoms with van der Waals surface area (Å²) < 4.78 is 42.3. The highest BCUT2D eigenvalue weighted by atomic mass is 19.4. The number of amides is 2. The van der Waals surface area contributed by atoms with E-state index >= 15 is 0 Å². The Balaban J connectivity index is 1.21. The maximum atomic E-state index is 13.6. The summed E-state index contributed by atoms with van der Waals surface area (Å²) in [4.78, 5) is 41.3. The number of nitrogens with one attached hydrogen (secondary N) is 4. The molecule has 4 N–H and O–H groups in total. The summed E-state index contributed by atoms with van der Waals surface area (Å²) in [5.74, 6) is -0.504. The van der Waals surface area contributed by atoms with E-state index in [1.165, 1.54) is 23.2 Å². The maximum Gasteiger partial charge on any atom is 0.416 e. The van der Waals surface area contributed by atoms with Gasteiger partial charge in [-0.3, -0.25) is 9.59 Å². The van der Waals surface area contributed by atoms with E-state index in [2.05, 4.69) is 35.9 Å². The molecule has 0 spiro atoms. The second kappa shape index (κ2) is 10.4. The fourth-order valence-electron chi connectivity index (χ4n) is 4.39. The molecule has 4 heterocycles. The summed E-state index contributed by atoms with van der Waals surface area (Å²) in [5.41, 5.74) is 2.18. The highest BCUT2D eigenvalue weighted by molar-refractivity contribution is 6.34. The van der Waals surface area contributed by atoms with Crippen molar-refractivity contribution >= 4 is 46.6 Å². The number of benzene rings is 2. The van der Waals surface area contributed by atoms with Crippen molar-refractivity contribution in [3.05, 3.63) is 108 Å². The van der Waals surface area contributed by atoms with Crippen LogP contribution >= 0.6 is 0 Å². The van der Waals surface area contributed by atoms with Gasteiger partial charge in [-0.15, -0.1) is 0 Å². The molecule has 3 aromatic heterocycles. The van der Waals surface area contributed by atoms with Crippen molar-refractivity contribution in [3.63, 3.8) is 0 Å². The van der Waals surface area contributed by atoms with Crippen molar-refractivity contribution in [2.45, 2.75) is 13.1 Å². The van der Waals surface area contributed by atoms with E-state index in [0.717, 1.165) is 17.8 Å². The van der Waals surface area contributed by atoms with Crippen molar-refractivity contribution in [1.82, 2.24) is 24.5 Å². The van der Waals surface area contributed by atoms with Crippen LogP contribution in [0.25, 0.3) is 17.3 Å². The number of hydrogen-bond donors (Lipinski definition) is 4. The predicted molar refractivity (Wildman–Crippen MR) is 150 cm³/mol. The average molecular weight is 571 g/mol. The number of rotatable bonds is 6. The summed E-state index contributed by atoms with van der Waals surface area (Å²) in [7, 11) is 0. The van der Waals surface area contributed by atoms with E-state index in [1.54, 1.807) is 49.7 Å². The summed E-state index contributed by atoms with van der Waals surface area (Å²) in [6.07, 6.45) is 3.27. The lowest BCUT2D eigenvalue weighted by molar-refractivity contribution is -0.137. The van der Waals surface area contributed by atoms with Gasteiger partial charge in [-0.05, 0) is 61.5 Å². The molecule has 5 aromatic rings. The summed E-state index contributed by atoms with van der Waals surface area (Å²) >= 11 is 0. The molecule has 13 heteroatoms. The number of hydrogen-bond acceptors (Lipinski definition) is 6. The molecular formula is C29H21F3N8O2. The number of nitrogens with zero attached hydrogens (tertiary/aromatic N) is 4. The highest BCUT2D eigenvalue weighted by Gasteiger charge is 2.32. The number of H-pyrrole nitrogens is 1. The highest BCUT2D eigenvalue weighted by Crippen LogP contribution is 2.33. The number of aromatic amines is 1. The van der Waals surface area contributed by atoms with Crippen molar-refractivity contribution in [2.75, 3.05) is 16.0 Å². The molecule has 210 valence electrons. The van der Waals surface area contributed by atoms with Gasteiger partial charge in [0.2, 0.25) is 5.95 Å². The maximum absolute atomic E-state index is 13.6. The Hall–Kier alpha value is -5.72. The van der Waals surface area contributed by atoms with Gasteiger partial charge in [0.15, 0.2) is 0 Å². The molecule has 1 aliphatic rings. The molecule has 0 saturated heterocycles. The first-order valence-electron chi connectivity index (χ1n) is 12.6. The number of carbonyl (C=O) groups excluding carboxylic acids is 2. The minimum Gasteiger partial charge on any atom is -0.362 e. The number of alkyl halides is 3. The molecule has 6 rings (SSSR count). The molecule has 2 aromatic carbocycles. The summed E-state index contributed by atoms with van der Waals surface area (Å²) in [6, 6.07) is 13.3. The molecule has 0 aliphatic carbocycles. The van der Waals surface area contributed by atoms with Gasteiger partial charge in [0.25, 0.3) is 11.8 Å². The lowest BCUT2D eigenvalue weighted by Gasteiger charge is -2.13. The van der Waals surface area contributed by atoms with Crippen LogP contribution in [0.1, 0.15) is 32.9 Å². The Labute approximate surface area is 236 Å². The second-order valence-corrected chi connectivity index (χ2v) is 9.44. The smallest absolute Gasteiger partial charge is 0.362 e. The van der Waals surface area contributed by atoms with E-state index in [1.807, 2.05) is 12.1 Å². The van der Waals surface area contributed by atoms with Gasteiger partial charge in [-0.25, -0.2) is 9.97 Å². The number of anilines is 4. The number of fused-ring (bicyclic) bond motifs is 1. The topological polar surface area (TPSA) is 130 Å². The third-order valence-corrected chi connectivity index (χ3v) is 6.37. The molecule has 0 radical (unpaired) electrons. The van der Waals surface area contributed by atoms with Crippen LogP contribution in [0.3, 0.4) is 0 Å². The van der Waals surface area contributed by atoms with E-state index < -0.39 is 17.6 Å². The third kappa shape index (κ3) is 5.47. The van der Waals surface area contributed by atoms with Crippen molar-refractivity contribution in [3.8, 4) is 5.69 Å². The van der Waals surface area contributed by atoms with Crippen LogP contribution in [-0.2, 0) is 11.0 Å². The number of aromatic nitrogens is 5. The van der Waals surface area contributed by atoms with Crippen LogP contribution in [0.15, 0.2) is 79.5 Å². The van der Waals surface area contributed by atoms with Crippen LogP contribution in [0.2, 0.25) is 0 Å². The lowest BCUT2D eigenvalue weighted by atomic mass is 10.1. The number of aryl methyl sites for hydroxylation is 1. The zero-order valence-corrected chi connectivity index (χ0v) is 21.8. The molecule has 1 aliphatic heterocycles. The molecule has 42 heavy (non-hydrogen) atoms. The Kier molecular flexibility index (Phi) is 6.53. The van der Waals surface area contributed by atoms with Crippen molar-refractivity contribution < 1.29 is 22.8 Å². The Morgan fingerprint density at radius 3 is 2.62 bits per heavy atom. The predicted octanol–water partition coefficient (Wildman–Crippen LogP) is 5.81. The first kappa shape index (κ1) is 26.5. The fraction of sp³-hybridized carbons (Fsp3) is 0.0690. The van der Waals surface area contributed by atoms with Crippen LogP contribution in [0.4, 0.5) is 36.3 Å². The van der Waals surface area contributed by atoms with E-state index in [0.29, 0.717) is 34.0 Å². The minimum absolute atomic E-state index is 0.151. The SMILES string of the molecule is Cc1cn(-c2cc(C(=O)Nc3cccc(Nc4ncc5c(n4)NC(=O)/C5=C\c4ccc[nH]4)c3)cc(C(F)(F)F)c2)cn1. The van der Waals surface area contributed by atoms with Crippen molar-refractivity contribution in [2.24, 2.45) is 0 Å². The van der Waals surface area contributed by atoms with Crippen LogP contribution in [0, 0.1) is 6.92 Å². The number of imidazole rings is 1. The first-order chi connectivity index (χ1) is 20.1. The first-order valence-corrected chi connectivity index (χ1v) is 12.6. The largest absolute Gasteiger partial charge is 0.416 e. The second-order valence-electron chi connectivity index (χ2n) is 9.44. The fourth-order valence-corrected chi connectivity index (χ4v) is 4.39. The Morgan fingerprint density at radius 2 is 1.88 bits per heavy atom. The lowest BCUT2D eigenvalue weighted by Crippen LogP contribution is -2.15. The molecule has 0 bridgehead atoms. The molecule has 2 amide bonds. The number of halogens is 3. The van der Waals surface area contributed by atoms with E-state index in [9.17, 15) is 22.8 Å². The quantitative estimate of drug-likeness (QED) is 0.191. The van der Waals surface area contributed by atoms with Gasteiger partial charge >= 0.3 is 6.18 Å². The third-order valence-electron chi connectivity index (χ3n) is 6.37. The van der Waals surface area contributed by atoms with Gasteiger partial charge in [0.05, 0.1) is 23.2 Å². The Bertz CT molecular complexity index is 1860. The van der Waals surface area contributed by atoms with Crippen LogP contribution < -0.4 is 16.0 Å². The molecule has 0 unspecified atom stereocenters. The molecule has 0 atom stereocenters. The van der Waals surface area contributed by atoms with Crippen LogP contribution in [-0.4, -0.2) is 36.3 Å². The zero-order valence-electron chi connectivity index (χ0n) is 21.8. The van der Waals surface area contributed by atoms with E-state index in [4.69, 9.17) is 0 Å². The molecular weight excluding hydrogens is 549 g/mol. The van der Waals surface area contributed by atoms with Gasteiger partial charge in [0.1, 0.15) is 5.82 Å². The monoisotopic (exact) mass is 570 g/mol. The molecule has 10 nitrogen and oxygen atoms in total. The average Bonchev–Trinajstić information content (AvgIpc) is 3.69. The van der Waals surface area contributed by atoms with E-state index in [-0.39, 0.29) is 23.1 Å². The minimum atomic E-state index is -4.65. The number of carbonyl (C=O) groups is 2. The normalized spacial score (nSPS) is 13.6. The van der Waals surface area contributed by atoms with Crippen molar-refractivity contribution in [1.29, 1.82) is 0 Å². The van der Waals surface area contributed by atoms with Gasteiger partial charge in [0, 0.05) is 52.5 Å². The summed E-state index contributed by atoms with van der Waals surface area (Å²) in [5, 5.41) is 8.38. The zero-order chi connectivity index (χ0) is 29.4. The molecule has 0 saturated carbocycles. The van der Waals surface area contributed by atoms with Gasteiger partial charge in [-0.1, -0.05) is 6.07 Å². The standard InChI is InChI=1S/C29H21F3N8O2/c1-16-14-40(15-35-16)22-9-17(8-18(10-22)29(30,31)32)26(41)36-20-4-2-5-21(11-20)37-28-34-13-24-23(12-19-6-3-7-33-19)27(42)38-25(24)39-28/h2-15,33H,1H3,(H,36,41)(H2,34,37,38,39,42)/b23-12-. The van der Waals surface area contributed by atoms with Gasteiger partial charge in [-0.2, -0.15) is 18.2 Å². The molecule has 0 fully saturated rings. The van der Waals surface area contributed by atoms with Crippen LogP contribution in [0.5, 0.6) is 0 Å². The summed E-state index contributed by atoms with van der Waals surface area (Å²) in [6.45, 7) is 1.71. The Morgan fingerprint density at radius 1 is 1.05 bits per heavy atom. The van der Waals surface area contributed by atoms with Gasteiger partial charge < -0.3 is 25.5 Å².